The molecule has 0 aromatic rings. The molecule has 0 fully saturated rings. The van der Waals surface area contributed by atoms with Crippen molar-refractivity contribution in [3.63, 3.8) is 0 Å². The molecule has 0 radical (unpaired) electrons. The Hall–Kier alpha value is -0.220. The number of rotatable bonds is 7. The molecular formula is C11H23NO2S. The minimum atomic E-state index is -0.0208. The Morgan fingerprint density at radius 2 is 2.13 bits per heavy atom. The minimum Gasteiger partial charge on any atom is -0.396 e. The van der Waals surface area contributed by atoms with E-state index >= 15 is 0 Å². The van der Waals surface area contributed by atoms with Crippen molar-refractivity contribution in [2.45, 2.75) is 38.9 Å². The third-order valence-electron chi connectivity index (χ3n) is 2.43. The Balaban J connectivity index is 3.79. The summed E-state index contributed by atoms with van der Waals surface area (Å²) in [6, 6.07) is 0. The highest BCUT2D eigenvalue weighted by atomic mass is 32.2. The maximum Gasteiger partial charge on any atom is 0.221 e. The largest absolute Gasteiger partial charge is 0.396 e. The zero-order valence-electron chi connectivity index (χ0n) is 10.2. The first-order valence-electron chi connectivity index (χ1n) is 5.31. The fraction of sp³-hybridized carbons (Fsp3) is 0.909. The lowest BCUT2D eigenvalue weighted by Gasteiger charge is -2.24. The normalized spacial score (nSPS) is 13.7. The molecule has 2 N–H and O–H groups in total. The number of carbonyl (C=O) groups is 1. The zero-order chi connectivity index (χ0) is 11.9. The summed E-state index contributed by atoms with van der Waals surface area (Å²) in [7, 11) is 0. The average Bonchev–Trinajstić information content (AvgIpc) is 2.15. The van der Waals surface area contributed by atoms with Crippen molar-refractivity contribution in [3.8, 4) is 0 Å². The van der Waals surface area contributed by atoms with Crippen LogP contribution in [0.5, 0.6) is 0 Å². The fourth-order valence-corrected chi connectivity index (χ4v) is 1.46. The molecule has 0 bridgehead atoms. The van der Waals surface area contributed by atoms with E-state index in [1.807, 2.05) is 27.0 Å². The third kappa shape index (κ3) is 7.68. The van der Waals surface area contributed by atoms with Crippen LogP contribution in [0, 0.1) is 5.41 Å². The van der Waals surface area contributed by atoms with Gasteiger partial charge in [-0.2, -0.15) is 11.8 Å². The van der Waals surface area contributed by atoms with E-state index < -0.39 is 0 Å². The van der Waals surface area contributed by atoms with Crippen LogP contribution >= 0.6 is 11.8 Å². The van der Waals surface area contributed by atoms with E-state index in [0.717, 1.165) is 0 Å². The average molecular weight is 233 g/mol. The lowest BCUT2D eigenvalue weighted by molar-refractivity contribution is -0.121. The number of hydrogen-bond acceptors (Lipinski definition) is 3. The molecule has 0 aromatic carbocycles. The molecule has 0 spiro atoms. The molecule has 1 atom stereocenters. The first-order chi connectivity index (χ1) is 6.91. The lowest BCUT2D eigenvalue weighted by Crippen LogP contribution is -2.35. The summed E-state index contributed by atoms with van der Waals surface area (Å²) in [5.74, 6) is 0.0999. The molecule has 0 aromatic heterocycles. The van der Waals surface area contributed by atoms with Crippen LogP contribution in [0.2, 0.25) is 0 Å². The van der Waals surface area contributed by atoms with E-state index in [0.29, 0.717) is 24.6 Å². The summed E-state index contributed by atoms with van der Waals surface area (Å²) < 4.78 is 0. The van der Waals surface area contributed by atoms with Crippen molar-refractivity contribution in [1.29, 1.82) is 0 Å². The van der Waals surface area contributed by atoms with Gasteiger partial charge in [-0.25, -0.2) is 0 Å². The molecule has 4 heteroatoms. The Morgan fingerprint density at radius 1 is 1.53 bits per heavy atom. The van der Waals surface area contributed by atoms with E-state index in [9.17, 15) is 4.79 Å². The Bertz CT molecular complexity index is 195. The molecule has 90 valence electrons. The van der Waals surface area contributed by atoms with Gasteiger partial charge in [0.25, 0.3) is 0 Å². The van der Waals surface area contributed by atoms with Crippen LogP contribution in [0.4, 0.5) is 0 Å². The molecule has 0 aliphatic rings. The second-order valence-electron chi connectivity index (χ2n) is 4.66. The van der Waals surface area contributed by atoms with Gasteiger partial charge in [-0.1, -0.05) is 20.8 Å². The molecule has 3 nitrogen and oxygen atoms in total. The summed E-state index contributed by atoms with van der Waals surface area (Å²) in [5, 5.41) is 12.1. The number of amides is 1. The Labute approximate surface area is 97.0 Å². The summed E-state index contributed by atoms with van der Waals surface area (Å²) in [6.45, 7) is 6.93. The van der Waals surface area contributed by atoms with Crippen molar-refractivity contribution >= 4 is 17.7 Å². The van der Waals surface area contributed by atoms with E-state index in [-0.39, 0.29) is 17.9 Å². The topological polar surface area (TPSA) is 49.3 Å². The quantitative estimate of drug-likeness (QED) is 0.703. The van der Waals surface area contributed by atoms with Gasteiger partial charge >= 0.3 is 0 Å². The van der Waals surface area contributed by atoms with Crippen molar-refractivity contribution in [1.82, 2.24) is 5.32 Å². The number of hydrogen-bond donors (Lipinski definition) is 2. The standard InChI is InChI=1S/C11H23NO2S/c1-9(15-4)7-10(14)12-8-11(2,3)5-6-13/h9,13H,5-8H2,1-4H3,(H,12,14). The van der Waals surface area contributed by atoms with Gasteiger partial charge in [0.05, 0.1) is 0 Å². The van der Waals surface area contributed by atoms with Crippen LogP contribution in [0.15, 0.2) is 0 Å². The maximum atomic E-state index is 11.5. The summed E-state index contributed by atoms with van der Waals surface area (Å²) in [6.07, 6.45) is 3.29. The molecular weight excluding hydrogens is 210 g/mol. The Morgan fingerprint density at radius 3 is 2.60 bits per heavy atom. The van der Waals surface area contributed by atoms with Gasteiger partial charge < -0.3 is 10.4 Å². The van der Waals surface area contributed by atoms with E-state index in [1.54, 1.807) is 11.8 Å². The second kappa shape index (κ2) is 7.12. The van der Waals surface area contributed by atoms with Gasteiger partial charge in [0, 0.05) is 24.8 Å². The van der Waals surface area contributed by atoms with Crippen molar-refractivity contribution in [2.24, 2.45) is 5.41 Å². The number of nitrogens with one attached hydrogen (secondary N) is 1. The number of aliphatic hydroxyl groups is 1. The summed E-state index contributed by atoms with van der Waals surface area (Å²) >= 11 is 1.70. The second-order valence-corrected chi connectivity index (χ2v) is 5.94. The van der Waals surface area contributed by atoms with Crippen LogP contribution in [-0.4, -0.2) is 35.7 Å². The van der Waals surface area contributed by atoms with Gasteiger partial charge in [-0.05, 0) is 18.1 Å². The highest BCUT2D eigenvalue weighted by Gasteiger charge is 2.18. The van der Waals surface area contributed by atoms with Crippen LogP contribution in [0.1, 0.15) is 33.6 Å². The first kappa shape index (κ1) is 14.8. The number of thioether (sulfide) groups is 1. The maximum absolute atomic E-state index is 11.5. The molecule has 1 amide bonds. The van der Waals surface area contributed by atoms with Crippen molar-refractivity contribution < 1.29 is 9.90 Å². The summed E-state index contributed by atoms with van der Waals surface area (Å²) in [5.41, 5.74) is -0.0208. The first-order valence-corrected chi connectivity index (χ1v) is 6.60. The molecule has 0 aliphatic carbocycles. The molecule has 0 aliphatic heterocycles. The minimum absolute atomic E-state index is 0.0208. The Kier molecular flexibility index (Phi) is 7.02. The monoisotopic (exact) mass is 233 g/mol. The molecule has 1 unspecified atom stereocenters. The fourth-order valence-electron chi connectivity index (χ4n) is 1.15. The van der Waals surface area contributed by atoms with Gasteiger partial charge in [0.2, 0.25) is 5.91 Å². The molecule has 0 heterocycles. The van der Waals surface area contributed by atoms with Gasteiger partial charge in [-0.3, -0.25) is 4.79 Å². The van der Waals surface area contributed by atoms with Crippen LogP contribution < -0.4 is 5.32 Å². The molecule has 0 rings (SSSR count). The molecule has 0 saturated carbocycles. The van der Waals surface area contributed by atoms with Gasteiger partial charge in [0.1, 0.15) is 0 Å². The lowest BCUT2D eigenvalue weighted by atomic mass is 9.90. The summed E-state index contributed by atoms with van der Waals surface area (Å²) in [4.78, 5) is 11.5. The van der Waals surface area contributed by atoms with Crippen LogP contribution in [0.3, 0.4) is 0 Å². The predicted octanol–water partition coefficient (Wildman–Crippen LogP) is 1.65. The zero-order valence-corrected chi connectivity index (χ0v) is 11.0. The van der Waals surface area contributed by atoms with Gasteiger partial charge in [0.15, 0.2) is 0 Å². The van der Waals surface area contributed by atoms with E-state index in [4.69, 9.17) is 5.11 Å². The van der Waals surface area contributed by atoms with Crippen LogP contribution in [-0.2, 0) is 4.79 Å². The highest BCUT2D eigenvalue weighted by Crippen LogP contribution is 2.18. The van der Waals surface area contributed by atoms with E-state index in [1.165, 1.54) is 0 Å². The van der Waals surface area contributed by atoms with Gasteiger partial charge in [-0.15, -0.1) is 0 Å². The number of carbonyl (C=O) groups excluding carboxylic acids is 1. The highest BCUT2D eigenvalue weighted by molar-refractivity contribution is 7.99. The smallest absolute Gasteiger partial charge is 0.221 e. The van der Waals surface area contributed by atoms with Crippen LogP contribution in [0.25, 0.3) is 0 Å². The SMILES string of the molecule is CSC(C)CC(=O)NCC(C)(C)CCO. The molecule has 15 heavy (non-hydrogen) atoms. The number of aliphatic hydroxyl groups excluding tert-OH is 1. The van der Waals surface area contributed by atoms with Crippen molar-refractivity contribution in [2.75, 3.05) is 19.4 Å². The third-order valence-corrected chi connectivity index (χ3v) is 3.40. The molecule has 0 saturated heterocycles. The van der Waals surface area contributed by atoms with E-state index in [2.05, 4.69) is 5.32 Å². The predicted molar refractivity (Wildman–Crippen MR) is 66.1 cm³/mol. The van der Waals surface area contributed by atoms with Crippen molar-refractivity contribution in [3.05, 3.63) is 0 Å².